The van der Waals surface area contributed by atoms with Crippen LogP contribution in [0.25, 0.3) is 22.0 Å². The van der Waals surface area contributed by atoms with Crippen molar-refractivity contribution < 1.29 is 13.6 Å². The van der Waals surface area contributed by atoms with E-state index in [0.717, 1.165) is 22.0 Å². The van der Waals surface area contributed by atoms with Crippen LogP contribution in [-0.4, -0.2) is 69.2 Å². The second-order valence-corrected chi connectivity index (χ2v) is 7.75. The lowest BCUT2D eigenvalue weighted by atomic mass is 10.0. The molecule has 3 aromatic heterocycles. The molecule has 1 saturated heterocycles. The van der Waals surface area contributed by atoms with E-state index in [0.29, 0.717) is 31.7 Å². The van der Waals surface area contributed by atoms with Gasteiger partial charge in [-0.1, -0.05) is 0 Å². The number of nitrogens with one attached hydrogen (secondary N) is 2. The number of hydrogen-bond acceptors (Lipinski definition) is 5. The summed E-state index contributed by atoms with van der Waals surface area (Å²) < 4.78 is 27.1. The summed E-state index contributed by atoms with van der Waals surface area (Å²) in [5, 5.41) is 11.8. The monoisotopic (exact) mass is 429 g/mol. The second kappa shape index (κ2) is 9.34. The number of pyridine rings is 2. The Morgan fingerprint density at radius 1 is 1.13 bits per heavy atom. The maximum atomic E-state index is 12.7. The smallest absolute Gasteiger partial charge is 0.323 e. The molecule has 0 saturated carbocycles. The molecule has 0 atom stereocenters. The van der Waals surface area contributed by atoms with Crippen LogP contribution < -0.4 is 10.6 Å². The van der Waals surface area contributed by atoms with Crippen molar-refractivity contribution in [3.8, 4) is 11.3 Å². The molecule has 8 nitrogen and oxygen atoms in total. The van der Waals surface area contributed by atoms with Crippen LogP contribution >= 0.6 is 0 Å². The van der Waals surface area contributed by atoms with Gasteiger partial charge in [-0.25, -0.2) is 18.6 Å². The van der Waals surface area contributed by atoms with E-state index in [-0.39, 0.29) is 12.1 Å². The number of aryl methyl sites for hydroxylation is 1. The Bertz CT molecular complexity index is 1050. The molecule has 1 fully saturated rings. The Morgan fingerprint density at radius 2 is 1.87 bits per heavy atom. The first-order chi connectivity index (χ1) is 15.1. The molecule has 2 N–H and O–H groups in total. The van der Waals surface area contributed by atoms with E-state index in [1.54, 1.807) is 28.2 Å². The molecule has 0 unspecified atom stereocenters. The number of halogens is 2. The van der Waals surface area contributed by atoms with Crippen molar-refractivity contribution in [1.82, 2.24) is 30.0 Å². The van der Waals surface area contributed by atoms with Crippen LogP contribution in [0.1, 0.15) is 12.8 Å². The summed E-state index contributed by atoms with van der Waals surface area (Å²) in [5.41, 5.74) is 1.70. The number of amides is 2. The van der Waals surface area contributed by atoms with Gasteiger partial charge in [-0.2, -0.15) is 5.10 Å². The molecule has 0 aromatic carbocycles. The minimum Gasteiger partial charge on any atom is -0.324 e. The van der Waals surface area contributed by atoms with E-state index in [1.807, 2.05) is 25.4 Å². The number of carbonyl (C=O) groups excluding carboxylic acids is 1. The lowest BCUT2D eigenvalue weighted by Crippen LogP contribution is -2.49. The third-order valence-electron chi connectivity index (χ3n) is 5.46. The summed E-state index contributed by atoms with van der Waals surface area (Å²) in [6, 6.07) is 2.76. The maximum Gasteiger partial charge on any atom is 0.323 e. The number of piperidine rings is 1. The molecule has 1 aliphatic heterocycles. The van der Waals surface area contributed by atoms with Crippen molar-refractivity contribution in [2.75, 3.05) is 31.8 Å². The lowest BCUT2D eigenvalue weighted by molar-refractivity contribution is 0.179. The van der Waals surface area contributed by atoms with Crippen molar-refractivity contribution >= 4 is 22.6 Å². The van der Waals surface area contributed by atoms with E-state index in [9.17, 15) is 13.6 Å². The largest absolute Gasteiger partial charge is 0.324 e. The quantitative estimate of drug-likeness (QED) is 0.629. The third-order valence-corrected chi connectivity index (χ3v) is 5.46. The number of nitrogens with zero attached hydrogens (tertiary/aromatic N) is 5. The standard InChI is InChI=1S/C21H25F2N7O/c1-29-13-16(12-26-29)19-6-14-7-20(25-11-15(14)10-24-19)28-21(31)30-4-2-17(3-5-30)27-18(8-22)9-23/h6-7,10-13,17-18,27H,2-5,8-9H2,1H3,(H,25,28,31). The maximum absolute atomic E-state index is 12.7. The Morgan fingerprint density at radius 3 is 2.55 bits per heavy atom. The zero-order valence-corrected chi connectivity index (χ0v) is 17.3. The number of alkyl halides is 2. The van der Waals surface area contributed by atoms with Gasteiger partial charge in [0.15, 0.2) is 0 Å². The fourth-order valence-corrected chi connectivity index (χ4v) is 3.72. The average Bonchev–Trinajstić information content (AvgIpc) is 3.23. The van der Waals surface area contributed by atoms with Gasteiger partial charge < -0.3 is 10.2 Å². The molecule has 1 aliphatic rings. The normalized spacial score (nSPS) is 15.0. The predicted molar refractivity (Wildman–Crippen MR) is 114 cm³/mol. The van der Waals surface area contributed by atoms with Crippen LogP contribution in [0.5, 0.6) is 0 Å². The van der Waals surface area contributed by atoms with Gasteiger partial charge in [0, 0.05) is 55.7 Å². The number of anilines is 1. The molecule has 0 spiro atoms. The molecule has 0 aliphatic carbocycles. The van der Waals surface area contributed by atoms with Gasteiger partial charge in [0.2, 0.25) is 0 Å². The molecule has 3 aromatic rings. The fraction of sp³-hybridized carbons (Fsp3) is 0.429. The fourth-order valence-electron chi connectivity index (χ4n) is 3.72. The average molecular weight is 429 g/mol. The van der Waals surface area contributed by atoms with Crippen LogP contribution in [0.4, 0.5) is 19.4 Å². The summed E-state index contributed by atoms with van der Waals surface area (Å²) in [7, 11) is 1.85. The summed E-state index contributed by atoms with van der Waals surface area (Å²) >= 11 is 0. The zero-order chi connectivity index (χ0) is 21.8. The van der Waals surface area contributed by atoms with Crippen molar-refractivity contribution in [2.45, 2.75) is 24.9 Å². The topological polar surface area (TPSA) is 88.0 Å². The number of rotatable bonds is 6. The van der Waals surface area contributed by atoms with Gasteiger partial charge >= 0.3 is 6.03 Å². The first kappa shape index (κ1) is 21.1. The SMILES string of the molecule is Cn1cc(-c2cc3cc(NC(=O)N4CCC(NC(CF)CF)CC4)ncc3cn2)cn1. The molecule has 164 valence electrons. The summed E-state index contributed by atoms with van der Waals surface area (Å²) in [6.07, 6.45) is 8.36. The zero-order valence-electron chi connectivity index (χ0n) is 17.3. The molecule has 10 heteroatoms. The van der Waals surface area contributed by atoms with E-state index in [4.69, 9.17) is 0 Å². The first-order valence-electron chi connectivity index (χ1n) is 10.2. The Kier molecular flexibility index (Phi) is 6.36. The Balaban J connectivity index is 1.39. The molecular weight excluding hydrogens is 404 g/mol. The highest BCUT2D eigenvalue weighted by Gasteiger charge is 2.24. The number of fused-ring (bicyclic) bond motifs is 1. The number of hydrogen-bond donors (Lipinski definition) is 2. The summed E-state index contributed by atoms with van der Waals surface area (Å²) in [5.74, 6) is 0.455. The summed E-state index contributed by atoms with van der Waals surface area (Å²) in [6.45, 7) is -0.444. The van der Waals surface area contributed by atoms with E-state index < -0.39 is 19.4 Å². The van der Waals surface area contributed by atoms with Crippen LogP contribution in [0, 0.1) is 0 Å². The van der Waals surface area contributed by atoms with Crippen LogP contribution in [0.15, 0.2) is 36.9 Å². The highest BCUT2D eigenvalue weighted by molar-refractivity contribution is 5.92. The number of carbonyl (C=O) groups is 1. The number of aromatic nitrogens is 4. The molecule has 0 radical (unpaired) electrons. The van der Waals surface area contributed by atoms with Crippen LogP contribution in [0.2, 0.25) is 0 Å². The third kappa shape index (κ3) is 4.96. The summed E-state index contributed by atoms with van der Waals surface area (Å²) in [4.78, 5) is 23.1. The molecule has 4 rings (SSSR count). The van der Waals surface area contributed by atoms with Gasteiger partial charge in [0.25, 0.3) is 0 Å². The lowest BCUT2D eigenvalue weighted by Gasteiger charge is -2.33. The van der Waals surface area contributed by atoms with Crippen molar-refractivity contribution in [2.24, 2.45) is 7.05 Å². The Labute approximate surface area is 178 Å². The Hall–Kier alpha value is -3.14. The van der Waals surface area contributed by atoms with E-state index in [1.165, 1.54) is 0 Å². The van der Waals surface area contributed by atoms with Crippen molar-refractivity contribution in [1.29, 1.82) is 0 Å². The highest BCUT2D eigenvalue weighted by Crippen LogP contribution is 2.23. The molecule has 0 bridgehead atoms. The van der Waals surface area contributed by atoms with Gasteiger partial charge in [-0.05, 0) is 30.4 Å². The molecule has 2 amide bonds. The molecule has 31 heavy (non-hydrogen) atoms. The van der Waals surface area contributed by atoms with Crippen molar-refractivity contribution in [3.63, 3.8) is 0 Å². The highest BCUT2D eigenvalue weighted by atomic mass is 19.1. The van der Waals surface area contributed by atoms with E-state index >= 15 is 0 Å². The number of likely N-dealkylation sites (tertiary alicyclic amines) is 1. The predicted octanol–water partition coefficient (Wildman–Crippen LogP) is 2.92. The van der Waals surface area contributed by atoms with Crippen LogP contribution in [0.3, 0.4) is 0 Å². The minimum absolute atomic E-state index is 0.0118. The van der Waals surface area contributed by atoms with E-state index in [2.05, 4.69) is 25.7 Å². The van der Waals surface area contributed by atoms with Gasteiger partial charge in [0.1, 0.15) is 19.2 Å². The minimum atomic E-state index is -0.766. The molecular formula is C21H25F2N7O. The van der Waals surface area contributed by atoms with Gasteiger partial charge in [0.05, 0.1) is 17.9 Å². The van der Waals surface area contributed by atoms with Crippen molar-refractivity contribution in [3.05, 3.63) is 36.9 Å². The second-order valence-electron chi connectivity index (χ2n) is 7.75. The number of urea groups is 1. The molecule has 4 heterocycles. The first-order valence-corrected chi connectivity index (χ1v) is 10.2. The van der Waals surface area contributed by atoms with Gasteiger partial charge in [-0.15, -0.1) is 0 Å². The van der Waals surface area contributed by atoms with Crippen LogP contribution in [-0.2, 0) is 7.05 Å². The van der Waals surface area contributed by atoms with Gasteiger partial charge in [-0.3, -0.25) is 15.0 Å².